The van der Waals surface area contributed by atoms with Crippen LogP contribution in [0.2, 0.25) is 0 Å². The van der Waals surface area contributed by atoms with Gasteiger partial charge in [-0.3, -0.25) is 9.52 Å². The molecule has 0 atom stereocenters. The molecule has 1 saturated heterocycles. The number of amides is 1. The highest BCUT2D eigenvalue weighted by atomic mass is 32.2. The Morgan fingerprint density at radius 2 is 1.82 bits per heavy atom. The molecule has 3 heterocycles. The summed E-state index contributed by atoms with van der Waals surface area (Å²) < 4.78 is 41.1. The number of fused-ring (bicyclic) bond motifs is 1. The normalized spacial score (nSPS) is 14.9. The average Bonchev–Trinajstić information content (AvgIpc) is 3.29. The van der Waals surface area contributed by atoms with Crippen LogP contribution < -0.4 is 4.72 Å². The largest absolute Gasteiger partial charge is 0.346 e. The molecule has 1 aliphatic rings. The van der Waals surface area contributed by atoms with E-state index in [4.69, 9.17) is 0 Å². The van der Waals surface area contributed by atoms with Gasteiger partial charge in [-0.25, -0.2) is 17.8 Å². The van der Waals surface area contributed by atoms with E-state index in [1.165, 1.54) is 42.0 Å². The zero-order chi connectivity index (χ0) is 23.7. The van der Waals surface area contributed by atoms with E-state index < -0.39 is 15.8 Å². The molecule has 34 heavy (non-hydrogen) atoms. The van der Waals surface area contributed by atoms with E-state index in [1.807, 2.05) is 12.3 Å². The number of rotatable bonds is 5. The molecule has 9 heteroatoms. The number of pyridine rings is 1. The molecule has 4 aromatic rings. The number of anilines is 1. The maximum absolute atomic E-state index is 13.1. The second-order valence-electron chi connectivity index (χ2n) is 8.35. The number of carbonyl (C=O) groups is 1. The van der Waals surface area contributed by atoms with Crippen LogP contribution in [-0.2, 0) is 10.0 Å². The van der Waals surface area contributed by atoms with Crippen LogP contribution in [0.15, 0.2) is 78.0 Å². The average molecular weight is 479 g/mol. The number of aromatic amines is 1. The molecular weight excluding hydrogens is 455 g/mol. The molecule has 0 radical (unpaired) electrons. The lowest BCUT2D eigenvalue weighted by atomic mass is 9.89. The van der Waals surface area contributed by atoms with Crippen molar-refractivity contribution in [1.82, 2.24) is 14.9 Å². The van der Waals surface area contributed by atoms with Crippen LogP contribution in [0.3, 0.4) is 0 Å². The lowest BCUT2D eigenvalue weighted by Crippen LogP contribution is -2.38. The molecule has 0 unspecified atom stereocenters. The summed E-state index contributed by atoms with van der Waals surface area (Å²) in [5.74, 6) is -0.327. The number of likely N-dealkylation sites (tertiary alicyclic amines) is 1. The van der Waals surface area contributed by atoms with E-state index in [0.717, 1.165) is 23.9 Å². The van der Waals surface area contributed by atoms with Gasteiger partial charge in [0.15, 0.2) is 0 Å². The van der Waals surface area contributed by atoms with Gasteiger partial charge in [0.25, 0.3) is 15.9 Å². The minimum absolute atomic E-state index is 0.0242. The van der Waals surface area contributed by atoms with Crippen molar-refractivity contribution in [2.24, 2.45) is 0 Å². The first-order valence-corrected chi connectivity index (χ1v) is 12.5. The Balaban J connectivity index is 1.28. The summed E-state index contributed by atoms with van der Waals surface area (Å²) in [6.45, 7) is 1.17. The maximum Gasteiger partial charge on any atom is 0.261 e. The second kappa shape index (κ2) is 8.90. The molecule has 2 aromatic heterocycles. The third-order valence-electron chi connectivity index (χ3n) is 6.19. The summed E-state index contributed by atoms with van der Waals surface area (Å²) in [7, 11) is -3.92. The zero-order valence-corrected chi connectivity index (χ0v) is 19.1. The van der Waals surface area contributed by atoms with Gasteiger partial charge in [-0.15, -0.1) is 0 Å². The van der Waals surface area contributed by atoms with Gasteiger partial charge in [0.05, 0.1) is 4.90 Å². The van der Waals surface area contributed by atoms with Crippen LogP contribution in [0, 0.1) is 5.82 Å². The van der Waals surface area contributed by atoms with Gasteiger partial charge in [-0.05, 0) is 78.9 Å². The Hall–Kier alpha value is -3.72. The lowest BCUT2D eigenvalue weighted by molar-refractivity contribution is 0.0713. The first kappa shape index (κ1) is 22.1. The molecule has 1 aliphatic heterocycles. The van der Waals surface area contributed by atoms with Crippen LogP contribution in [0.1, 0.15) is 34.7 Å². The number of H-pyrrole nitrogens is 1. The minimum Gasteiger partial charge on any atom is -0.346 e. The summed E-state index contributed by atoms with van der Waals surface area (Å²) in [5.41, 5.74) is 2.64. The van der Waals surface area contributed by atoms with E-state index >= 15 is 0 Å². The van der Waals surface area contributed by atoms with Crippen molar-refractivity contribution in [2.75, 3.05) is 17.8 Å². The molecule has 0 spiro atoms. The molecule has 174 valence electrons. The van der Waals surface area contributed by atoms with E-state index in [-0.39, 0.29) is 16.5 Å². The smallest absolute Gasteiger partial charge is 0.261 e. The van der Waals surface area contributed by atoms with Crippen LogP contribution in [0.4, 0.5) is 10.1 Å². The molecule has 0 bridgehead atoms. The van der Waals surface area contributed by atoms with Crippen molar-refractivity contribution in [1.29, 1.82) is 0 Å². The quantitative estimate of drug-likeness (QED) is 0.441. The fourth-order valence-corrected chi connectivity index (χ4v) is 5.52. The van der Waals surface area contributed by atoms with Crippen molar-refractivity contribution < 1.29 is 17.6 Å². The number of nitrogens with zero attached hydrogens (tertiary/aromatic N) is 2. The highest BCUT2D eigenvalue weighted by molar-refractivity contribution is 7.92. The summed E-state index contributed by atoms with van der Waals surface area (Å²) in [4.78, 5) is 22.4. The lowest BCUT2D eigenvalue weighted by Gasteiger charge is -2.32. The van der Waals surface area contributed by atoms with Crippen molar-refractivity contribution in [2.45, 2.75) is 23.7 Å². The molecule has 2 N–H and O–H groups in total. The van der Waals surface area contributed by atoms with Crippen molar-refractivity contribution >= 4 is 32.7 Å². The molecule has 0 saturated carbocycles. The first-order valence-electron chi connectivity index (χ1n) is 11.0. The zero-order valence-electron chi connectivity index (χ0n) is 18.2. The van der Waals surface area contributed by atoms with E-state index in [0.29, 0.717) is 24.6 Å². The van der Waals surface area contributed by atoms with Crippen molar-refractivity contribution in [3.8, 4) is 0 Å². The molecule has 5 rings (SSSR count). The third kappa shape index (κ3) is 4.38. The van der Waals surface area contributed by atoms with Gasteiger partial charge < -0.3 is 9.88 Å². The molecule has 1 amide bonds. The monoisotopic (exact) mass is 478 g/mol. The summed E-state index contributed by atoms with van der Waals surface area (Å²) in [5, 5.41) is 1.11. The first-order chi connectivity index (χ1) is 16.4. The topological polar surface area (TPSA) is 95.2 Å². The number of halogens is 1. The third-order valence-corrected chi connectivity index (χ3v) is 7.57. The second-order valence-corrected chi connectivity index (χ2v) is 10.0. The van der Waals surface area contributed by atoms with Gasteiger partial charge >= 0.3 is 0 Å². The van der Waals surface area contributed by atoms with Gasteiger partial charge in [0.1, 0.15) is 11.5 Å². The summed E-state index contributed by atoms with van der Waals surface area (Å²) in [6, 6.07) is 15.0. The Morgan fingerprint density at radius 1 is 1.06 bits per heavy atom. The van der Waals surface area contributed by atoms with Gasteiger partial charge in [0, 0.05) is 42.1 Å². The molecule has 1 fully saturated rings. The van der Waals surface area contributed by atoms with Crippen molar-refractivity contribution in [3.63, 3.8) is 0 Å². The standard InChI is InChI=1S/C25H23FN4O3S/c26-19-6-8-20(9-7-19)29-34(32,33)21-4-1-3-18(15-21)25(31)30-13-10-17(11-14-30)23-16-28-24-22(23)5-2-12-27-24/h1-9,12,15-17,29H,10-11,13-14H2,(H,27,28). The van der Waals surface area contributed by atoms with Crippen LogP contribution in [0.25, 0.3) is 11.0 Å². The number of aromatic nitrogens is 2. The minimum atomic E-state index is -3.92. The maximum atomic E-state index is 13.1. The Labute approximate surface area is 196 Å². The number of benzene rings is 2. The van der Waals surface area contributed by atoms with Gasteiger partial charge in [-0.1, -0.05) is 6.07 Å². The van der Waals surface area contributed by atoms with E-state index in [9.17, 15) is 17.6 Å². The SMILES string of the molecule is O=C(c1cccc(S(=O)(=O)Nc2ccc(F)cc2)c1)N1CCC(c2c[nH]c3ncccc23)CC1. The highest BCUT2D eigenvalue weighted by Crippen LogP contribution is 2.33. The number of sulfonamides is 1. The molecular formula is C25H23FN4O3S. The Morgan fingerprint density at radius 3 is 2.59 bits per heavy atom. The van der Waals surface area contributed by atoms with Crippen LogP contribution in [-0.4, -0.2) is 42.3 Å². The fourth-order valence-electron chi connectivity index (χ4n) is 4.42. The number of hydrogen-bond donors (Lipinski definition) is 2. The van der Waals surface area contributed by atoms with Crippen LogP contribution >= 0.6 is 0 Å². The summed E-state index contributed by atoms with van der Waals surface area (Å²) in [6.07, 6.45) is 5.39. The van der Waals surface area contributed by atoms with Crippen LogP contribution in [0.5, 0.6) is 0 Å². The number of carbonyl (C=O) groups excluding carboxylic acids is 1. The number of piperidine rings is 1. The fraction of sp³-hybridized carbons (Fsp3) is 0.200. The molecule has 2 aromatic carbocycles. The number of hydrogen-bond acceptors (Lipinski definition) is 4. The molecule has 7 nitrogen and oxygen atoms in total. The van der Waals surface area contributed by atoms with Crippen molar-refractivity contribution in [3.05, 3.63) is 90.0 Å². The van der Waals surface area contributed by atoms with Gasteiger partial charge in [-0.2, -0.15) is 0 Å². The number of nitrogens with one attached hydrogen (secondary N) is 2. The highest BCUT2D eigenvalue weighted by Gasteiger charge is 2.27. The predicted molar refractivity (Wildman–Crippen MR) is 128 cm³/mol. The van der Waals surface area contributed by atoms with E-state index in [2.05, 4.69) is 20.8 Å². The Bertz CT molecular complexity index is 1440. The van der Waals surface area contributed by atoms with Gasteiger partial charge in [0.2, 0.25) is 0 Å². The summed E-state index contributed by atoms with van der Waals surface area (Å²) >= 11 is 0. The molecule has 0 aliphatic carbocycles. The van der Waals surface area contributed by atoms with E-state index in [1.54, 1.807) is 23.2 Å². The predicted octanol–water partition coefficient (Wildman–Crippen LogP) is 4.52. The Kier molecular flexibility index (Phi) is 5.79.